The summed E-state index contributed by atoms with van der Waals surface area (Å²) in [5, 5.41) is 2.42. The molecule has 0 aliphatic rings. The Labute approximate surface area is 116 Å². The van der Waals surface area contributed by atoms with Crippen LogP contribution in [0.15, 0.2) is 49.1 Å². The first-order valence-corrected chi connectivity index (χ1v) is 6.69. The average molecular weight is 263 g/mol. The summed E-state index contributed by atoms with van der Waals surface area (Å²) >= 11 is 0. The molecular formula is C16H15N4+. The number of rotatable bonds is 2. The first-order chi connectivity index (χ1) is 9.81. The SMILES string of the molecule is Cc1cc[n+](Cc2cnc3[nH]ccc3c2)c2[nH]ccc12. The van der Waals surface area contributed by atoms with E-state index >= 15 is 0 Å². The van der Waals surface area contributed by atoms with Gasteiger partial charge in [0.15, 0.2) is 0 Å². The third-order valence-corrected chi connectivity index (χ3v) is 3.75. The molecule has 0 aliphatic heterocycles. The lowest BCUT2D eigenvalue weighted by atomic mass is 10.2. The van der Waals surface area contributed by atoms with Crippen molar-refractivity contribution in [2.45, 2.75) is 13.5 Å². The van der Waals surface area contributed by atoms with Gasteiger partial charge in [-0.05, 0) is 36.8 Å². The molecule has 0 aromatic carbocycles. The van der Waals surface area contributed by atoms with E-state index in [0.29, 0.717) is 0 Å². The van der Waals surface area contributed by atoms with Crippen LogP contribution in [0.4, 0.5) is 0 Å². The molecule has 4 aromatic rings. The van der Waals surface area contributed by atoms with Crippen LogP contribution in [-0.4, -0.2) is 15.0 Å². The first-order valence-electron chi connectivity index (χ1n) is 6.69. The average Bonchev–Trinajstić information content (AvgIpc) is 3.10. The van der Waals surface area contributed by atoms with Gasteiger partial charge in [-0.25, -0.2) is 14.5 Å². The van der Waals surface area contributed by atoms with Crippen LogP contribution in [0.25, 0.3) is 22.1 Å². The van der Waals surface area contributed by atoms with Gasteiger partial charge in [0, 0.05) is 23.3 Å². The normalized spacial score (nSPS) is 11.4. The molecule has 98 valence electrons. The highest BCUT2D eigenvalue weighted by atomic mass is 15.0. The first kappa shape index (κ1) is 11.2. The zero-order valence-electron chi connectivity index (χ0n) is 11.2. The Bertz CT molecular complexity index is 901. The summed E-state index contributed by atoms with van der Waals surface area (Å²) in [6.07, 6.45) is 7.96. The van der Waals surface area contributed by atoms with E-state index in [0.717, 1.165) is 23.2 Å². The molecule has 0 saturated heterocycles. The molecule has 0 atom stereocenters. The van der Waals surface area contributed by atoms with Gasteiger partial charge in [-0.15, -0.1) is 0 Å². The highest BCUT2D eigenvalue weighted by Gasteiger charge is 2.11. The molecule has 4 nitrogen and oxygen atoms in total. The molecule has 0 bridgehead atoms. The smallest absolute Gasteiger partial charge is 0.287 e. The van der Waals surface area contributed by atoms with Gasteiger partial charge in [0.05, 0.1) is 17.8 Å². The summed E-state index contributed by atoms with van der Waals surface area (Å²) in [5.41, 5.74) is 4.57. The molecular weight excluding hydrogens is 248 g/mol. The number of aromatic nitrogens is 4. The summed E-state index contributed by atoms with van der Waals surface area (Å²) in [6.45, 7) is 2.94. The Morgan fingerprint density at radius 1 is 1.15 bits per heavy atom. The van der Waals surface area contributed by atoms with Gasteiger partial charge >= 0.3 is 0 Å². The van der Waals surface area contributed by atoms with Crippen LogP contribution < -0.4 is 4.57 Å². The second kappa shape index (κ2) is 4.20. The van der Waals surface area contributed by atoms with Crippen LogP contribution in [-0.2, 0) is 6.54 Å². The molecule has 20 heavy (non-hydrogen) atoms. The van der Waals surface area contributed by atoms with E-state index < -0.39 is 0 Å². The number of pyridine rings is 2. The maximum absolute atomic E-state index is 4.44. The van der Waals surface area contributed by atoms with Crippen molar-refractivity contribution in [2.24, 2.45) is 0 Å². The maximum atomic E-state index is 4.44. The van der Waals surface area contributed by atoms with Crippen molar-refractivity contribution in [3.8, 4) is 0 Å². The fraction of sp³-hybridized carbons (Fsp3) is 0.125. The van der Waals surface area contributed by atoms with Crippen molar-refractivity contribution in [1.29, 1.82) is 0 Å². The monoisotopic (exact) mass is 263 g/mol. The molecule has 0 aliphatic carbocycles. The highest BCUT2D eigenvalue weighted by Crippen LogP contribution is 2.14. The summed E-state index contributed by atoms with van der Waals surface area (Å²) in [4.78, 5) is 10.9. The van der Waals surface area contributed by atoms with E-state index in [9.17, 15) is 0 Å². The Kier molecular flexibility index (Phi) is 2.36. The van der Waals surface area contributed by atoms with Crippen molar-refractivity contribution < 1.29 is 4.57 Å². The van der Waals surface area contributed by atoms with E-state index in [1.54, 1.807) is 0 Å². The van der Waals surface area contributed by atoms with Gasteiger partial charge in [-0.3, -0.25) is 0 Å². The van der Waals surface area contributed by atoms with Gasteiger partial charge in [-0.2, -0.15) is 0 Å². The minimum absolute atomic E-state index is 0.811. The van der Waals surface area contributed by atoms with Crippen LogP contribution in [0.5, 0.6) is 0 Å². The maximum Gasteiger partial charge on any atom is 0.287 e. The standard InChI is InChI=1S/C16H14N4/c1-11-4-7-20(16-14(11)3-6-18-16)10-12-8-13-2-5-17-15(13)19-9-12/h2-9H,10H2,1H3,(H,17,19)/p+1. The Balaban J connectivity index is 1.80. The van der Waals surface area contributed by atoms with Crippen LogP contribution in [0, 0.1) is 6.92 Å². The Hall–Kier alpha value is -2.62. The number of nitrogens with zero attached hydrogens (tertiary/aromatic N) is 2. The minimum atomic E-state index is 0.811. The third kappa shape index (κ3) is 1.69. The molecule has 0 spiro atoms. The predicted octanol–water partition coefficient (Wildman–Crippen LogP) is 2.69. The molecule has 4 heteroatoms. The predicted molar refractivity (Wildman–Crippen MR) is 78.4 cm³/mol. The van der Waals surface area contributed by atoms with E-state index in [-0.39, 0.29) is 0 Å². The fourth-order valence-electron chi connectivity index (χ4n) is 2.68. The van der Waals surface area contributed by atoms with E-state index in [1.807, 2.05) is 18.6 Å². The third-order valence-electron chi connectivity index (χ3n) is 3.75. The van der Waals surface area contributed by atoms with Crippen LogP contribution in [0.2, 0.25) is 0 Å². The fourth-order valence-corrected chi connectivity index (χ4v) is 2.68. The van der Waals surface area contributed by atoms with Crippen molar-refractivity contribution in [3.05, 3.63) is 60.2 Å². The molecule has 0 unspecified atom stereocenters. The molecule has 2 N–H and O–H groups in total. The molecule has 0 amide bonds. The molecule has 4 heterocycles. The molecule has 0 radical (unpaired) electrons. The van der Waals surface area contributed by atoms with Gasteiger partial charge in [0.1, 0.15) is 12.2 Å². The number of fused-ring (bicyclic) bond motifs is 2. The van der Waals surface area contributed by atoms with Crippen molar-refractivity contribution >= 4 is 22.1 Å². The van der Waals surface area contributed by atoms with Gasteiger partial charge in [0.2, 0.25) is 0 Å². The molecule has 0 saturated carbocycles. The van der Waals surface area contributed by atoms with E-state index in [4.69, 9.17) is 0 Å². The van der Waals surface area contributed by atoms with Gasteiger partial charge < -0.3 is 4.98 Å². The lowest BCUT2D eigenvalue weighted by Crippen LogP contribution is -2.35. The lowest BCUT2D eigenvalue weighted by molar-refractivity contribution is -0.664. The number of aromatic amines is 2. The Morgan fingerprint density at radius 2 is 2.05 bits per heavy atom. The number of aryl methyl sites for hydroxylation is 1. The van der Waals surface area contributed by atoms with Gasteiger partial charge in [0.25, 0.3) is 5.65 Å². The van der Waals surface area contributed by atoms with Crippen molar-refractivity contribution in [3.63, 3.8) is 0 Å². The highest BCUT2D eigenvalue weighted by molar-refractivity contribution is 5.76. The quantitative estimate of drug-likeness (QED) is 0.537. The summed E-state index contributed by atoms with van der Waals surface area (Å²) < 4.78 is 2.22. The van der Waals surface area contributed by atoms with Crippen LogP contribution >= 0.6 is 0 Å². The number of hydrogen-bond acceptors (Lipinski definition) is 1. The molecule has 4 aromatic heterocycles. The van der Waals surface area contributed by atoms with Crippen molar-refractivity contribution in [2.75, 3.05) is 0 Å². The summed E-state index contributed by atoms with van der Waals surface area (Å²) in [7, 11) is 0. The van der Waals surface area contributed by atoms with Gasteiger partial charge in [-0.1, -0.05) is 0 Å². The Morgan fingerprint density at radius 3 is 3.00 bits per heavy atom. The second-order valence-corrected chi connectivity index (χ2v) is 5.13. The summed E-state index contributed by atoms with van der Waals surface area (Å²) in [6, 6.07) is 8.50. The number of hydrogen-bond donors (Lipinski definition) is 2. The van der Waals surface area contributed by atoms with E-state index in [1.165, 1.54) is 16.5 Å². The van der Waals surface area contributed by atoms with Crippen molar-refractivity contribution in [1.82, 2.24) is 15.0 Å². The topological polar surface area (TPSA) is 48.4 Å². The van der Waals surface area contributed by atoms with Crippen LogP contribution in [0.1, 0.15) is 11.1 Å². The van der Waals surface area contributed by atoms with E-state index in [2.05, 4.69) is 56.9 Å². The molecule has 0 fully saturated rings. The largest absolute Gasteiger partial charge is 0.346 e. The minimum Gasteiger partial charge on any atom is -0.346 e. The zero-order chi connectivity index (χ0) is 13.5. The number of H-pyrrole nitrogens is 2. The number of nitrogens with one attached hydrogen (secondary N) is 2. The van der Waals surface area contributed by atoms with Crippen LogP contribution in [0.3, 0.4) is 0 Å². The molecule has 4 rings (SSSR count). The zero-order valence-corrected chi connectivity index (χ0v) is 11.2. The summed E-state index contributed by atoms with van der Waals surface area (Å²) in [5.74, 6) is 0. The second-order valence-electron chi connectivity index (χ2n) is 5.13. The lowest BCUT2D eigenvalue weighted by Gasteiger charge is -2.03.